The van der Waals surface area contributed by atoms with Gasteiger partial charge in [0.25, 0.3) is 0 Å². The van der Waals surface area contributed by atoms with E-state index in [-0.39, 0.29) is 23.6 Å². The fourth-order valence-electron chi connectivity index (χ4n) is 3.35. The molecule has 1 aromatic carbocycles. The van der Waals surface area contributed by atoms with Crippen LogP contribution < -0.4 is 0 Å². The van der Waals surface area contributed by atoms with Gasteiger partial charge in [-0.1, -0.05) is 26.0 Å². The summed E-state index contributed by atoms with van der Waals surface area (Å²) in [6.07, 6.45) is 3.07. The van der Waals surface area contributed by atoms with Crippen LogP contribution in [-0.4, -0.2) is 36.6 Å². The van der Waals surface area contributed by atoms with Gasteiger partial charge in [-0.25, -0.2) is 4.39 Å². The molecule has 2 fully saturated rings. The molecule has 1 heterocycles. The Balaban J connectivity index is 1.46. The predicted molar refractivity (Wildman–Crippen MR) is 87.6 cm³/mol. The average Bonchev–Trinajstić information content (AvgIpc) is 3.34. The first-order valence-corrected chi connectivity index (χ1v) is 8.70. The number of hydrogen-bond acceptors (Lipinski definition) is 2. The molecule has 1 saturated heterocycles. The molecular formula is C19H26FNO2. The molecule has 0 spiro atoms. The average molecular weight is 319 g/mol. The van der Waals surface area contributed by atoms with Gasteiger partial charge in [0.15, 0.2) is 0 Å². The maximum atomic E-state index is 13.0. The Morgan fingerprint density at radius 1 is 1.26 bits per heavy atom. The highest BCUT2D eigenvalue weighted by Crippen LogP contribution is 2.48. The SMILES string of the molecule is CC(C)COC1CCN(C(=O)[C@@H]2C[C@@H]2c2ccc(F)cc2)CC1. The standard InChI is InChI=1S/C19H26FNO2/c1-13(2)12-23-16-7-9-21(10-8-16)19(22)18-11-17(18)14-3-5-15(20)6-4-14/h3-6,13,16-18H,7-12H2,1-2H3/t17-,18-/m1/s1. The van der Waals surface area contributed by atoms with Crippen LogP contribution in [0.5, 0.6) is 0 Å². The fraction of sp³-hybridized carbons (Fsp3) is 0.632. The molecule has 1 saturated carbocycles. The maximum absolute atomic E-state index is 13.0. The monoisotopic (exact) mass is 319 g/mol. The molecule has 1 aliphatic carbocycles. The van der Waals surface area contributed by atoms with Gasteiger partial charge in [-0.3, -0.25) is 4.79 Å². The summed E-state index contributed by atoms with van der Waals surface area (Å²) >= 11 is 0. The van der Waals surface area contributed by atoms with Crippen LogP contribution in [0.25, 0.3) is 0 Å². The molecule has 1 amide bonds. The van der Waals surface area contributed by atoms with Crippen LogP contribution in [0.15, 0.2) is 24.3 Å². The highest BCUT2D eigenvalue weighted by molar-refractivity contribution is 5.83. The minimum Gasteiger partial charge on any atom is -0.378 e. The minimum absolute atomic E-state index is 0.0913. The van der Waals surface area contributed by atoms with Crippen molar-refractivity contribution in [1.29, 1.82) is 0 Å². The highest BCUT2D eigenvalue weighted by Gasteiger charge is 2.46. The molecule has 1 aromatic rings. The lowest BCUT2D eigenvalue weighted by Crippen LogP contribution is -2.42. The Kier molecular flexibility index (Phi) is 5.00. The molecular weight excluding hydrogens is 293 g/mol. The van der Waals surface area contributed by atoms with Crippen molar-refractivity contribution in [2.24, 2.45) is 11.8 Å². The van der Waals surface area contributed by atoms with Crippen molar-refractivity contribution in [2.45, 2.75) is 45.1 Å². The Bertz CT molecular complexity index is 535. The molecule has 1 aliphatic heterocycles. The highest BCUT2D eigenvalue weighted by atomic mass is 19.1. The van der Waals surface area contributed by atoms with E-state index in [0.717, 1.165) is 44.5 Å². The quantitative estimate of drug-likeness (QED) is 0.830. The van der Waals surface area contributed by atoms with Crippen LogP contribution in [-0.2, 0) is 9.53 Å². The third kappa shape index (κ3) is 4.11. The third-order valence-corrected chi connectivity index (χ3v) is 4.82. The molecule has 2 aliphatic rings. The first-order chi connectivity index (χ1) is 11.0. The van der Waals surface area contributed by atoms with E-state index in [1.54, 1.807) is 12.1 Å². The van der Waals surface area contributed by atoms with Crippen LogP contribution >= 0.6 is 0 Å². The number of carbonyl (C=O) groups is 1. The second kappa shape index (κ2) is 7.00. The van der Waals surface area contributed by atoms with Crippen LogP contribution in [0.3, 0.4) is 0 Å². The summed E-state index contributed by atoms with van der Waals surface area (Å²) in [5, 5.41) is 0. The van der Waals surface area contributed by atoms with E-state index in [2.05, 4.69) is 13.8 Å². The molecule has 2 atom stereocenters. The number of hydrogen-bond donors (Lipinski definition) is 0. The third-order valence-electron chi connectivity index (χ3n) is 4.82. The first kappa shape index (κ1) is 16.4. The number of nitrogens with zero attached hydrogens (tertiary/aromatic N) is 1. The summed E-state index contributed by atoms with van der Waals surface area (Å²) in [5.74, 6) is 0.964. The van der Waals surface area contributed by atoms with Gasteiger partial charge in [0.2, 0.25) is 5.91 Å². The lowest BCUT2D eigenvalue weighted by Gasteiger charge is -2.32. The summed E-state index contributed by atoms with van der Waals surface area (Å²) < 4.78 is 18.9. The number of rotatable bonds is 5. The van der Waals surface area contributed by atoms with Crippen molar-refractivity contribution in [1.82, 2.24) is 4.90 Å². The largest absolute Gasteiger partial charge is 0.378 e. The summed E-state index contributed by atoms with van der Waals surface area (Å²) in [5.41, 5.74) is 1.08. The smallest absolute Gasteiger partial charge is 0.226 e. The van der Waals surface area contributed by atoms with Crippen molar-refractivity contribution in [2.75, 3.05) is 19.7 Å². The van der Waals surface area contributed by atoms with Crippen molar-refractivity contribution in [3.8, 4) is 0 Å². The second-order valence-electron chi connectivity index (χ2n) is 7.25. The van der Waals surface area contributed by atoms with Crippen LogP contribution in [0, 0.1) is 17.7 Å². The van der Waals surface area contributed by atoms with Gasteiger partial charge < -0.3 is 9.64 Å². The lowest BCUT2D eigenvalue weighted by molar-refractivity contribution is -0.135. The molecule has 23 heavy (non-hydrogen) atoms. The maximum Gasteiger partial charge on any atom is 0.226 e. The Morgan fingerprint density at radius 2 is 1.91 bits per heavy atom. The van der Waals surface area contributed by atoms with E-state index in [0.29, 0.717) is 12.0 Å². The summed E-state index contributed by atoms with van der Waals surface area (Å²) in [4.78, 5) is 14.6. The lowest BCUT2D eigenvalue weighted by atomic mass is 10.1. The van der Waals surface area contributed by atoms with Gasteiger partial charge in [0, 0.05) is 25.6 Å². The molecule has 0 bridgehead atoms. The summed E-state index contributed by atoms with van der Waals surface area (Å²) in [6, 6.07) is 6.57. The van der Waals surface area contributed by atoms with Gasteiger partial charge in [0.05, 0.1) is 6.10 Å². The van der Waals surface area contributed by atoms with E-state index < -0.39 is 0 Å². The second-order valence-corrected chi connectivity index (χ2v) is 7.25. The minimum atomic E-state index is -0.222. The number of amides is 1. The zero-order valence-corrected chi connectivity index (χ0v) is 14.0. The molecule has 0 radical (unpaired) electrons. The van der Waals surface area contributed by atoms with Crippen LogP contribution in [0.1, 0.15) is 44.6 Å². The van der Waals surface area contributed by atoms with Crippen molar-refractivity contribution < 1.29 is 13.9 Å². The van der Waals surface area contributed by atoms with E-state index in [9.17, 15) is 9.18 Å². The number of ether oxygens (including phenoxy) is 1. The molecule has 0 unspecified atom stereocenters. The van der Waals surface area contributed by atoms with Gasteiger partial charge >= 0.3 is 0 Å². The van der Waals surface area contributed by atoms with Gasteiger partial charge in [-0.05, 0) is 48.8 Å². The van der Waals surface area contributed by atoms with Crippen LogP contribution in [0.4, 0.5) is 4.39 Å². The number of carbonyl (C=O) groups excluding carboxylic acids is 1. The Morgan fingerprint density at radius 3 is 2.52 bits per heavy atom. The number of likely N-dealkylation sites (tertiary alicyclic amines) is 1. The van der Waals surface area contributed by atoms with E-state index in [4.69, 9.17) is 4.74 Å². The number of halogens is 1. The molecule has 0 aromatic heterocycles. The summed E-state index contributed by atoms with van der Waals surface area (Å²) in [6.45, 7) is 6.71. The fourth-order valence-corrected chi connectivity index (χ4v) is 3.35. The van der Waals surface area contributed by atoms with Gasteiger partial charge in [-0.15, -0.1) is 0 Å². The summed E-state index contributed by atoms with van der Waals surface area (Å²) in [7, 11) is 0. The van der Waals surface area contributed by atoms with E-state index >= 15 is 0 Å². The molecule has 3 nitrogen and oxygen atoms in total. The van der Waals surface area contributed by atoms with E-state index in [1.165, 1.54) is 12.1 Å². The Hall–Kier alpha value is -1.42. The number of benzene rings is 1. The normalized spacial score (nSPS) is 25.0. The molecule has 0 N–H and O–H groups in total. The Labute approximate surface area is 137 Å². The van der Waals surface area contributed by atoms with Crippen molar-refractivity contribution >= 4 is 5.91 Å². The molecule has 126 valence electrons. The zero-order chi connectivity index (χ0) is 16.4. The van der Waals surface area contributed by atoms with E-state index in [1.807, 2.05) is 4.90 Å². The van der Waals surface area contributed by atoms with Gasteiger partial charge in [0.1, 0.15) is 5.82 Å². The number of piperidine rings is 1. The van der Waals surface area contributed by atoms with Crippen molar-refractivity contribution in [3.63, 3.8) is 0 Å². The first-order valence-electron chi connectivity index (χ1n) is 8.70. The van der Waals surface area contributed by atoms with Crippen molar-refractivity contribution in [3.05, 3.63) is 35.6 Å². The van der Waals surface area contributed by atoms with Crippen LogP contribution in [0.2, 0.25) is 0 Å². The predicted octanol–water partition coefficient (Wildman–Crippen LogP) is 3.59. The molecule has 4 heteroatoms. The zero-order valence-electron chi connectivity index (χ0n) is 14.0. The van der Waals surface area contributed by atoms with Gasteiger partial charge in [-0.2, -0.15) is 0 Å². The topological polar surface area (TPSA) is 29.5 Å². The molecule has 3 rings (SSSR count).